The van der Waals surface area contributed by atoms with Gasteiger partial charge in [0.15, 0.2) is 0 Å². The molecule has 0 spiro atoms. The van der Waals surface area contributed by atoms with Gasteiger partial charge in [0.2, 0.25) is 5.91 Å². The van der Waals surface area contributed by atoms with Crippen LogP contribution in [0.3, 0.4) is 0 Å². The number of nitrogens with two attached hydrogens (primary N) is 1. The Morgan fingerprint density at radius 3 is 2.26 bits per heavy atom. The summed E-state index contributed by atoms with van der Waals surface area (Å²) in [5, 5.41) is 3.02. The molecule has 0 fully saturated rings. The minimum absolute atomic E-state index is 0.00539. The number of carbonyl (C=O) groups excluding carboxylic acids is 1. The highest BCUT2D eigenvalue weighted by molar-refractivity contribution is 5.92. The third-order valence-corrected chi connectivity index (χ3v) is 3.13. The maximum absolute atomic E-state index is 12.3. The highest BCUT2D eigenvalue weighted by Crippen LogP contribution is 2.19. The Morgan fingerprint density at radius 1 is 1.21 bits per heavy atom. The van der Waals surface area contributed by atoms with Crippen molar-refractivity contribution in [2.45, 2.75) is 40.5 Å². The number of hydrogen-bond acceptors (Lipinski definition) is 2. The quantitative estimate of drug-likeness (QED) is 0.826. The Balaban J connectivity index is 2.74. The van der Waals surface area contributed by atoms with Crippen LogP contribution in [0.4, 0.5) is 5.69 Å². The van der Waals surface area contributed by atoms with E-state index in [4.69, 9.17) is 5.73 Å². The SMILES string of the molecule is Cc1cc(C)cc(NC(=O)C(CCN)CC(C)C)c1. The molecule has 1 unspecified atom stereocenters. The number of rotatable bonds is 6. The lowest BCUT2D eigenvalue weighted by atomic mass is 9.93. The molecule has 3 heteroatoms. The summed E-state index contributed by atoms with van der Waals surface area (Å²) < 4.78 is 0. The predicted octanol–water partition coefficient (Wildman–Crippen LogP) is 3.25. The first kappa shape index (κ1) is 15.7. The Labute approximate surface area is 116 Å². The highest BCUT2D eigenvalue weighted by Gasteiger charge is 2.19. The molecule has 1 aromatic rings. The number of carbonyl (C=O) groups is 1. The topological polar surface area (TPSA) is 55.1 Å². The fraction of sp³-hybridized carbons (Fsp3) is 0.562. The molecular weight excluding hydrogens is 236 g/mol. The number of anilines is 1. The minimum Gasteiger partial charge on any atom is -0.330 e. The van der Waals surface area contributed by atoms with E-state index in [1.54, 1.807) is 0 Å². The van der Waals surface area contributed by atoms with Crippen molar-refractivity contribution >= 4 is 11.6 Å². The van der Waals surface area contributed by atoms with E-state index >= 15 is 0 Å². The standard InChI is InChI=1S/C16H26N2O/c1-11(2)7-14(5-6-17)16(19)18-15-9-12(3)8-13(4)10-15/h8-11,14H,5-7,17H2,1-4H3,(H,18,19). The van der Waals surface area contributed by atoms with Crippen molar-refractivity contribution in [1.82, 2.24) is 0 Å². The molecule has 3 nitrogen and oxygen atoms in total. The van der Waals surface area contributed by atoms with E-state index in [-0.39, 0.29) is 11.8 Å². The van der Waals surface area contributed by atoms with Crippen LogP contribution < -0.4 is 11.1 Å². The summed E-state index contributed by atoms with van der Waals surface area (Å²) in [7, 11) is 0. The summed E-state index contributed by atoms with van der Waals surface area (Å²) in [5.74, 6) is 0.594. The molecular formula is C16H26N2O. The Bertz CT molecular complexity index is 407. The average molecular weight is 262 g/mol. The maximum atomic E-state index is 12.3. The zero-order valence-electron chi connectivity index (χ0n) is 12.5. The molecule has 0 aromatic heterocycles. The van der Waals surface area contributed by atoms with Crippen LogP contribution >= 0.6 is 0 Å². The van der Waals surface area contributed by atoms with Gasteiger partial charge < -0.3 is 11.1 Å². The van der Waals surface area contributed by atoms with Crippen LogP contribution in [0, 0.1) is 25.7 Å². The van der Waals surface area contributed by atoms with Crippen LogP contribution in [0.15, 0.2) is 18.2 Å². The zero-order valence-corrected chi connectivity index (χ0v) is 12.5. The van der Waals surface area contributed by atoms with E-state index in [0.29, 0.717) is 12.5 Å². The van der Waals surface area contributed by atoms with Crippen molar-refractivity contribution in [2.24, 2.45) is 17.6 Å². The third-order valence-electron chi connectivity index (χ3n) is 3.13. The number of hydrogen-bond donors (Lipinski definition) is 2. The lowest BCUT2D eigenvalue weighted by molar-refractivity contribution is -0.120. The molecule has 0 aliphatic carbocycles. The molecule has 1 rings (SSSR count). The van der Waals surface area contributed by atoms with E-state index in [1.165, 1.54) is 0 Å². The average Bonchev–Trinajstić information content (AvgIpc) is 2.26. The van der Waals surface area contributed by atoms with E-state index in [9.17, 15) is 4.79 Å². The lowest BCUT2D eigenvalue weighted by Gasteiger charge is -2.18. The summed E-state index contributed by atoms with van der Waals surface area (Å²) >= 11 is 0. The van der Waals surface area contributed by atoms with E-state index in [2.05, 4.69) is 25.2 Å². The van der Waals surface area contributed by atoms with Crippen molar-refractivity contribution in [2.75, 3.05) is 11.9 Å². The van der Waals surface area contributed by atoms with E-state index in [0.717, 1.165) is 29.7 Å². The van der Waals surface area contributed by atoms with Gasteiger partial charge in [-0.25, -0.2) is 0 Å². The molecule has 0 saturated carbocycles. The molecule has 0 radical (unpaired) electrons. The van der Waals surface area contributed by atoms with Gasteiger partial charge in [0.1, 0.15) is 0 Å². The maximum Gasteiger partial charge on any atom is 0.227 e. The van der Waals surface area contributed by atoms with Crippen molar-refractivity contribution in [1.29, 1.82) is 0 Å². The van der Waals surface area contributed by atoms with Crippen LogP contribution in [0.25, 0.3) is 0 Å². The molecule has 0 heterocycles. The second kappa shape index (κ2) is 7.29. The Hall–Kier alpha value is -1.35. The van der Waals surface area contributed by atoms with Gasteiger partial charge in [0.25, 0.3) is 0 Å². The third kappa shape index (κ3) is 5.43. The van der Waals surface area contributed by atoms with Gasteiger partial charge in [-0.15, -0.1) is 0 Å². The first-order valence-electron chi connectivity index (χ1n) is 7.01. The minimum atomic E-state index is 0.00539. The molecule has 0 saturated heterocycles. The Morgan fingerprint density at radius 2 is 1.79 bits per heavy atom. The van der Waals surface area contributed by atoms with Gasteiger partial charge in [0, 0.05) is 11.6 Å². The molecule has 0 aliphatic rings. The monoisotopic (exact) mass is 262 g/mol. The lowest BCUT2D eigenvalue weighted by Crippen LogP contribution is -2.26. The molecule has 1 amide bonds. The fourth-order valence-electron chi connectivity index (χ4n) is 2.42. The van der Waals surface area contributed by atoms with Crippen LogP contribution in [-0.4, -0.2) is 12.5 Å². The summed E-state index contributed by atoms with van der Waals surface area (Å²) in [6, 6.07) is 6.10. The van der Waals surface area contributed by atoms with Gasteiger partial charge in [-0.3, -0.25) is 4.79 Å². The number of nitrogens with one attached hydrogen (secondary N) is 1. The van der Waals surface area contributed by atoms with Gasteiger partial charge >= 0.3 is 0 Å². The van der Waals surface area contributed by atoms with Crippen molar-refractivity contribution in [3.8, 4) is 0 Å². The summed E-state index contributed by atoms with van der Waals surface area (Å²) in [6.07, 6.45) is 1.63. The highest BCUT2D eigenvalue weighted by atomic mass is 16.1. The molecule has 0 aliphatic heterocycles. The largest absolute Gasteiger partial charge is 0.330 e. The second-order valence-electron chi connectivity index (χ2n) is 5.77. The predicted molar refractivity (Wildman–Crippen MR) is 81.2 cm³/mol. The van der Waals surface area contributed by atoms with E-state index < -0.39 is 0 Å². The fourth-order valence-corrected chi connectivity index (χ4v) is 2.42. The van der Waals surface area contributed by atoms with Gasteiger partial charge in [-0.2, -0.15) is 0 Å². The number of aryl methyl sites for hydroxylation is 2. The van der Waals surface area contributed by atoms with Crippen LogP contribution in [-0.2, 0) is 4.79 Å². The molecule has 3 N–H and O–H groups in total. The molecule has 106 valence electrons. The summed E-state index contributed by atoms with van der Waals surface area (Å²) in [5.41, 5.74) is 8.81. The van der Waals surface area contributed by atoms with Gasteiger partial charge in [0.05, 0.1) is 0 Å². The number of amides is 1. The Kier molecular flexibility index (Phi) is 6.03. The van der Waals surface area contributed by atoms with Crippen molar-refractivity contribution in [3.63, 3.8) is 0 Å². The molecule has 1 aromatic carbocycles. The van der Waals surface area contributed by atoms with E-state index in [1.807, 2.05) is 26.0 Å². The summed E-state index contributed by atoms with van der Waals surface area (Å²) in [6.45, 7) is 8.89. The van der Waals surface area contributed by atoms with Crippen LogP contribution in [0.1, 0.15) is 37.8 Å². The van der Waals surface area contributed by atoms with Gasteiger partial charge in [-0.1, -0.05) is 19.9 Å². The molecule has 19 heavy (non-hydrogen) atoms. The zero-order chi connectivity index (χ0) is 14.4. The molecule has 0 bridgehead atoms. The first-order valence-corrected chi connectivity index (χ1v) is 7.01. The van der Waals surface area contributed by atoms with Crippen LogP contribution in [0.2, 0.25) is 0 Å². The number of benzene rings is 1. The van der Waals surface area contributed by atoms with Gasteiger partial charge in [-0.05, 0) is 62.4 Å². The smallest absolute Gasteiger partial charge is 0.227 e. The summed E-state index contributed by atoms with van der Waals surface area (Å²) in [4.78, 5) is 12.3. The first-order chi connectivity index (χ1) is 8.92. The second-order valence-corrected chi connectivity index (χ2v) is 5.77. The van der Waals surface area contributed by atoms with Crippen molar-refractivity contribution < 1.29 is 4.79 Å². The van der Waals surface area contributed by atoms with Crippen LogP contribution in [0.5, 0.6) is 0 Å². The molecule has 1 atom stereocenters. The normalized spacial score (nSPS) is 12.5. The van der Waals surface area contributed by atoms with Crippen molar-refractivity contribution in [3.05, 3.63) is 29.3 Å².